The Balaban J connectivity index is 2.16. The molecule has 0 radical (unpaired) electrons. The first-order valence-corrected chi connectivity index (χ1v) is 9.65. The predicted octanol–water partition coefficient (Wildman–Crippen LogP) is 3.54. The first-order valence-electron chi connectivity index (χ1n) is 9.65. The number of nitrogens with one attached hydrogen (secondary N) is 1. The van der Waals surface area contributed by atoms with Gasteiger partial charge >= 0.3 is 0 Å². The van der Waals surface area contributed by atoms with Crippen molar-refractivity contribution in [2.24, 2.45) is 0 Å². The minimum absolute atomic E-state index is 0.113. The number of aryl methyl sites for hydroxylation is 3. The fourth-order valence-corrected chi connectivity index (χ4v) is 2.91. The van der Waals surface area contributed by atoms with Gasteiger partial charge in [-0.3, -0.25) is 9.59 Å². The number of nitrogens with zero attached hydrogens (tertiary/aromatic N) is 1. The molecule has 2 aromatic rings. The molecule has 5 nitrogen and oxygen atoms in total. The van der Waals surface area contributed by atoms with Gasteiger partial charge in [0.2, 0.25) is 5.91 Å². The average Bonchev–Trinajstić information content (AvgIpc) is 2.67. The largest absolute Gasteiger partial charge is 0.484 e. The fraction of sp³-hybridized carbons (Fsp3) is 0.391. The third kappa shape index (κ3) is 5.59. The summed E-state index contributed by atoms with van der Waals surface area (Å²) in [5, 5.41) is 2.79. The van der Waals surface area contributed by atoms with E-state index in [2.05, 4.69) is 5.32 Å². The maximum absolute atomic E-state index is 13.0. The van der Waals surface area contributed by atoms with Crippen molar-refractivity contribution in [3.63, 3.8) is 0 Å². The van der Waals surface area contributed by atoms with E-state index in [0.29, 0.717) is 18.8 Å². The maximum Gasteiger partial charge on any atom is 0.261 e. The van der Waals surface area contributed by atoms with E-state index in [9.17, 15) is 9.59 Å². The number of rotatable bonds is 8. The van der Waals surface area contributed by atoms with E-state index in [1.807, 2.05) is 70.2 Å². The Kier molecular flexibility index (Phi) is 7.61. The van der Waals surface area contributed by atoms with E-state index in [4.69, 9.17) is 4.74 Å². The summed E-state index contributed by atoms with van der Waals surface area (Å²) in [6, 6.07) is 13.0. The molecule has 0 saturated carbocycles. The Hall–Kier alpha value is -2.82. The molecule has 0 aliphatic heterocycles. The number of hydrogen-bond acceptors (Lipinski definition) is 3. The fourth-order valence-electron chi connectivity index (χ4n) is 2.91. The zero-order valence-corrected chi connectivity index (χ0v) is 17.4. The number of ether oxygens (including phenoxy) is 1. The smallest absolute Gasteiger partial charge is 0.261 e. The van der Waals surface area contributed by atoms with E-state index in [1.54, 1.807) is 11.8 Å². The van der Waals surface area contributed by atoms with Crippen molar-refractivity contribution in [3.8, 4) is 5.75 Å². The van der Waals surface area contributed by atoms with Gasteiger partial charge in [0.05, 0.1) is 0 Å². The van der Waals surface area contributed by atoms with Gasteiger partial charge in [0.1, 0.15) is 11.8 Å². The molecular formula is C23H30N2O3. The maximum atomic E-state index is 13.0. The summed E-state index contributed by atoms with van der Waals surface area (Å²) < 4.78 is 5.72. The zero-order valence-electron chi connectivity index (χ0n) is 17.4. The number of benzene rings is 2. The highest BCUT2D eigenvalue weighted by molar-refractivity contribution is 5.87. The van der Waals surface area contributed by atoms with Crippen molar-refractivity contribution in [1.29, 1.82) is 0 Å². The van der Waals surface area contributed by atoms with Crippen LogP contribution < -0.4 is 10.1 Å². The zero-order chi connectivity index (χ0) is 20.7. The van der Waals surface area contributed by atoms with Crippen LogP contribution in [0.4, 0.5) is 0 Å². The first kappa shape index (κ1) is 21.5. The van der Waals surface area contributed by atoms with Crippen LogP contribution in [0.25, 0.3) is 0 Å². The van der Waals surface area contributed by atoms with Gasteiger partial charge in [0.15, 0.2) is 6.61 Å². The molecule has 2 amide bonds. The highest BCUT2D eigenvalue weighted by Crippen LogP contribution is 2.18. The van der Waals surface area contributed by atoms with E-state index in [1.165, 1.54) is 5.56 Å². The predicted molar refractivity (Wildman–Crippen MR) is 111 cm³/mol. The summed E-state index contributed by atoms with van der Waals surface area (Å²) in [4.78, 5) is 26.9. The quantitative estimate of drug-likeness (QED) is 0.760. The van der Waals surface area contributed by atoms with Crippen LogP contribution >= 0.6 is 0 Å². The van der Waals surface area contributed by atoms with Crippen LogP contribution in [-0.2, 0) is 16.1 Å². The van der Waals surface area contributed by atoms with Crippen LogP contribution in [0.3, 0.4) is 0 Å². The van der Waals surface area contributed by atoms with Gasteiger partial charge in [-0.1, -0.05) is 30.3 Å². The molecule has 1 N–H and O–H groups in total. The minimum atomic E-state index is -0.588. The Morgan fingerprint density at radius 2 is 1.75 bits per heavy atom. The molecule has 5 heteroatoms. The third-order valence-electron chi connectivity index (χ3n) is 4.96. The molecule has 0 spiro atoms. The van der Waals surface area contributed by atoms with E-state index in [-0.39, 0.29) is 18.4 Å². The Morgan fingerprint density at radius 3 is 2.39 bits per heavy atom. The molecule has 28 heavy (non-hydrogen) atoms. The van der Waals surface area contributed by atoms with Crippen LogP contribution in [0.15, 0.2) is 42.5 Å². The summed E-state index contributed by atoms with van der Waals surface area (Å²) in [6.07, 6.45) is 0. The summed E-state index contributed by atoms with van der Waals surface area (Å²) in [6.45, 7) is 10.4. The molecule has 0 unspecified atom stereocenters. The lowest BCUT2D eigenvalue weighted by molar-refractivity contribution is -0.142. The van der Waals surface area contributed by atoms with Gasteiger partial charge in [-0.15, -0.1) is 0 Å². The molecule has 1 atom stereocenters. The summed E-state index contributed by atoms with van der Waals surface area (Å²) >= 11 is 0. The first-order chi connectivity index (χ1) is 13.3. The molecule has 0 bridgehead atoms. The summed E-state index contributed by atoms with van der Waals surface area (Å²) in [5.41, 5.74) is 4.37. The lowest BCUT2D eigenvalue weighted by Gasteiger charge is -2.29. The van der Waals surface area contributed by atoms with Gasteiger partial charge in [-0.05, 0) is 69.0 Å². The van der Waals surface area contributed by atoms with Crippen LogP contribution in [-0.4, -0.2) is 35.9 Å². The standard InChI is InChI=1S/C23H30N2O3/c1-6-24-23(27)19(5)25(14-20-10-8-7-9-17(20)3)22(26)15-28-21-12-11-16(2)18(4)13-21/h7-13,19H,6,14-15H2,1-5H3,(H,24,27)/t19-/m0/s1. The molecule has 2 aromatic carbocycles. The number of amides is 2. The number of likely N-dealkylation sites (N-methyl/N-ethyl adjacent to an activating group) is 1. The van der Waals surface area contributed by atoms with E-state index >= 15 is 0 Å². The van der Waals surface area contributed by atoms with Gasteiger partial charge in [-0.25, -0.2) is 0 Å². The molecule has 2 rings (SSSR count). The van der Waals surface area contributed by atoms with Crippen molar-refractivity contribution in [1.82, 2.24) is 10.2 Å². The SMILES string of the molecule is CCNC(=O)[C@H](C)N(Cc1ccccc1C)C(=O)COc1ccc(C)c(C)c1. The van der Waals surface area contributed by atoms with Crippen LogP contribution in [0.2, 0.25) is 0 Å². The van der Waals surface area contributed by atoms with E-state index in [0.717, 1.165) is 16.7 Å². The second kappa shape index (κ2) is 9.93. The van der Waals surface area contributed by atoms with Crippen molar-refractivity contribution in [2.45, 2.75) is 47.2 Å². The topological polar surface area (TPSA) is 58.6 Å². The average molecular weight is 383 g/mol. The molecule has 0 aromatic heterocycles. The molecular weight excluding hydrogens is 352 g/mol. The normalized spacial score (nSPS) is 11.6. The van der Waals surface area contributed by atoms with Gasteiger partial charge in [0, 0.05) is 13.1 Å². The van der Waals surface area contributed by atoms with Gasteiger partial charge < -0.3 is 15.0 Å². The number of hydrogen-bond donors (Lipinski definition) is 1. The highest BCUT2D eigenvalue weighted by Gasteiger charge is 2.26. The molecule has 0 heterocycles. The summed E-state index contributed by atoms with van der Waals surface area (Å²) in [7, 11) is 0. The lowest BCUT2D eigenvalue weighted by Crippen LogP contribution is -2.49. The Bertz CT molecular complexity index is 832. The second-order valence-electron chi connectivity index (χ2n) is 7.05. The third-order valence-corrected chi connectivity index (χ3v) is 4.96. The molecule has 0 aliphatic rings. The minimum Gasteiger partial charge on any atom is -0.484 e. The van der Waals surface area contributed by atoms with Crippen LogP contribution in [0.5, 0.6) is 5.75 Å². The lowest BCUT2D eigenvalue weighted by atomic mass is 10.1. The monoisotopic (exact) mass is 382 g/mol. The van der Waals surface area contributed by atoms with Crippen molar-refractivity contribution in [2.75, 3.05) is 13.2 Å². The van der Waals surface area contributed by atoms with Gasteiger partial charge in [-0.2, -0.15) is 0 Å². The van der Waals surface area contributed by atoms with Crippen molar-refractivity contribution in [3.05, 3.63) is 64.7 Å². The number of carbonyl (C=O) groups excluding carboxylic acids is 2. The van der Waals surface area contributed by atoms with Crippen molar-refractivity contribution >= 4 is 11.8 Å². The molecule has 0 aliphatic carbocycles. The van der Waals surface area contributed by atoms with E-state index < -0.39 is 6.04 Å². The van der Waals surface area contributed by atoms with Crippen LogP contribution in [0, 0.1) is 20.8 Å². The van der Waals surface area contributed by atoms with Crippen LogP contribution in [0.1, 0.15) is 36.1 Å². The summed E-state index contributed by atoms with van der Waals surface area (Å²) in [5.74, 6) is 0.258. The van der Waals surface area contributed by atoms with Gasteiger partial charge in [0.25, 0.3) is 5.91 Å². The highest BCUT2D eigenvalue weighted by atomic mass is 16.5. The van der Waals surface area contributed by atoms with Crippen molar-refractivity contribution < 1.29 is 14.3 Å². The second-order valence-corrected chi connectivity index (χ2v) is 7.05. The molecule has 0 fully saturated rings. The number of carbonyl (C=O) groups is 2. The molecule has 0 saturated heterocycles. The Labute approximate surface area is 167 Å². The molecule has 150 valence electrons. The Morgan fingerprint density at radius 1 is 1.04 bits per heavy atom.